The lowest BCUT2D eigenvalue weighted by molar-refractivity contribution is -0.159. The first kappa shape index (κ1) is 25.9. The van der Waals surface area contributed by atoms with E-state index in [1.54, 1.807) is 36.4 Å². The highest BCUT2D eigenvalue weighted by Crippen LogP contribution is 2.29. The van der Waals surface area contributed by atoms with Gasteiger partial charge in [0.2, 0.25) is 0 Å². The largest absolute Gasteiger partial charge is 0.493 e. The Morgan fingerprint density at radius 2 is 1.67 bits per heavy atom. The minimum absolute atomic E-state index is 0.218. The Bertz CT molecular complexity index is 923. The minimum atomic E-state index is -0.974. The van der Waals surface area contributed by atoms with Gasteiger partial charge >= 0.3 is 5.97 Å². The van der Waals surface area contributed by atoms with Crippen LogP contribution in [0.1, 0.15) is 66.9 Å². The molecule has 0 fully saturated rings. The fourth-order valence-corrected chi connectivity index (χ4v) is 3.22. The van der Waals surface area contributed by atoms with Gasteiger partial charge < -0.3 is 14.6 Å². The maximum Gasteiger partial charge on any atom is 0.335 e. The third-order valence-electron chi connectivity index (χ3n) is 5.18. The van der Waals surface area contributed by atoms with E-state index in [1.807, 2.05) is 0 Å². The van der Waals surface area contributed by atoms with Crippen molar-refractivity contribution in [3.63, 3.8) is 0 Å². The molecule has 1 amide bonds. The first-order valence-corrected chi connectivity index (χ1v) is 11.3. The highest BCUT2D eigenvalue weighted by Gasteiger charge is 2.09. The maximum atomic E-state index is 12.1. The lowest BCUT2D eigenvalue weighted by atomic mass is 10.1. The summed E-state index contributed by atoms with van der Waals surface area (Å²) >= 11 is 0. The Hall–Kier alpha value is -3.32. The van der Waals surface area contributed by atoms with Crippen LogP contribution in [0.3, 0.4) is 0 Å². The lowest BCUT2D eigenvalue weighted by Gasteiger charge is -2.13. The molecule has 0 aromatic heterocycles. The predicted molar refractivity (Wildman–Crippen MR) is 127 cm³/mol. The number of aromatic carboxylic acids is 1. The number of hydrogen-bond donors (Lipinski definition) is 2. The number of rotatable bonds is 14. The number of carboxylic acids is 1. The van der Waals surface area contributed by atoms with Crippen molar-refractivity contribution in [3.8, 4) is 11.5 Å². The van der Waals surface area contributed by atoms with Crippen molar-refractivity contribution in [3.05, 3.63) is 65.2 Å². The Morgan fingerprint density at radius 3 is 2.33 bits per heavy atom. The molecule has 178 valence electrons. The summed E-state index contributed by atoms with van der Waals surface area (Å²) in [7, 11) is 1.53. The van der Waals surface area contributed by atoms with E-state index in [-0.39, 0.29) is 12.2 Å². The quantitative estimate of drug-likeness (QED) is 0.167. The van der Waals surface area contributed by atoms with Crippen LogP contribution in [0.25, 0.3) is 6.08 Å². The van der Waals surface area contributed by atoms with Gasteiger partial charge in [0.25, 0.3) is 5.91 Å². The molecular weight excluding hydrogens is 422 g/mol. The number of amides is 1. The molecule has 0 radical (unpaired) electrons. The van der Waals surface area contributed by atoms with E-state index in [4.69, 9.17) is 14.6 Å². The zero-order valence-corrected chi connectivity index (χ0v) is 19.3. The van der Waals surface area contributed by atoms with Crippen LogP contribution >= 0.6 is 0 Å². The summed E-state index contributed by atoms with van der Waals surface area (Å²) in [5.74, 6) is -0.416. The second kappa shape index (κ2) is 14.0. The van der Waals surface area contributed by atoms with Gasteiger partial charge in [0, 0.05) is 12.6 Å². The van der Waals surface area contributed by atoms with E-state index in [2.05, 4.69) is 6.92 Å². The molecule has 7 nitrogen and oxygen atoms in total. The molecule has 0 aliphatic rings. The molecule has 0 bridgehead atoms. The van der Waals surface area contributed by atoms with Crippen LogP contribution in [0, 0.1) is 0 Å². The van der Waals surface area contributed by atoms with E-state index in [9.17, 15) is 14.8 Å². The van der Waals surface area contributed by atoms with Gasteiger partial charge in [-0.1, -0.05) is 57.2 Å². The van der Waals surface area contributed by atoms with Gasteiger partial charge in [-0.15, -0.1) is 0 Å². The summed E-state index contributed by atoms with van der Waals surface area (Å²) in [5.41, 5.74) is 1.77. The van der Waals surface area contributed by atoms with Crippen molar-refractivity contribution in [1.82, 2.24) is 5.06 Å². The molecule has 0 aliphatic carbocycles. The molecule has 0 unspecified atom stereocenters. The molecular formula is C26H33NO6. The molecule has 2 aromatic carbocycles. The molecule has 2 N–H and O–H groups in total. The number of hydroxylamine groups is 2. The second-order valence-corrected chi connectivity index (χ2v) is 7.76. The zero-order chi connectivity index (χ0) is 24.1. The van der Waals surface area contributed by atoms with Gasteiger partial charge in [-0.2, -0.15) is 0 Å². The maximum absolute atomic E-state index is 12.1. The number of ether oxygens (including phenoxy) is 2. The van der Waals surface area contributed by atoms with Crippen molar-refractivity contribution >= 4 is 18.0 Å². The molecule has 0 spiro atoms. The van der Waals surface area contributed by atoms with Crippen molar-refractivity contribution in [2.75, 3.05) is 13.7 Å². The average Bonchev–Trinajstić information content (AvgIpc) is 2.83. The van der Waals surface area contributed by atoms with E-state index in [0.717, 1.165) is 35.5 Å². The molecule has 0 heterocycles. The Balaban J connectivity index is 1.87. The Kier molecular flexibility index (Phi) is 11.0. The monoisotopic (exact) mass is 455 g/mol. The van der Waals surface area contributed by atoms with Crippen LogP contribution in [0.5, 0.6) is 11.5 Å². The van der Waals surface area contributed by atoms with Crippen molar-refractivity contribution < 1.29 is 29.4 Å². The number of carbonyl (C=O) groups excluding carboxylic acids is 1. The van der Waals surface area contributed by atoms with Crippen molar-refractivity contribution in [2.45, 2.75) is 52.1 Å². The predicted octanol–water partition coefficient (Wildman–Crippen LogP) is 5.56. The van der Waals surface area contributed by atoms with Gasteiger partial charge in [-0.05, 0) is 47.9 Å². The van der Waals surface area contributed by atoms with E-state index in [0.29, 0.717) is 18.0 Å². The van der Waals surface area contributed by atoms with Crippen LogP contribution in [-0.4, -0.2) is 40.9 Å². The summed E-state index contributed by atoms with van der Waals surface area (Å²) in [5, 5.41) is 19.6. The van der Waals surface area contributed by atoms with Crippen molar-refractivity contribution in [1.29, 1.82) is 0 Å². The van der Waals surface area contributed by atoms with Crippen LogP contribution < -0.4 is 9.47 Å². The molecule has 2 rings (SSSR count). The van der Waals surface area contributed by atoms with Crippen LogP contribution in [0.4, 0.5) is 0 Å². The molecule has 33 heavy (non-hydrogen) atoms. The van der Waals surface area contributed by atoms with E-state index >= 15 is 0 Å². The SMILES string of the molecule is CCCCCCCCN(O)C(=O)C=Cc1ccc(OCc2ccc(C(=O)O)cc2)c(OC)c1. The second-order valence-electron chi connectivity index (χ2n) is 7.76. The first-order chi connectivity index (χ1) is 15.9. The van der Waals surface area contributed by atoms with Gasteiger partial charge in [-0.3, -0.25) is 10.0 Å². The molecule has 7 heteroatoms. The molecule has 0 atom stereocenters. The minimum Gasteiger partial charge on any atom is -0.493 e. The zero-order valence-electron chi connectivity index (χ0n) is 19.3. The highest BCUT2D eigenvalue weighted by atomic mass is 16.5. The third kappa shape index (κ3) is 8.98. The van der Waals surface area contributed by atoms with Crippen molar-refractivity contribution in [2.24, 2.45) is 0 Å². The van der Waals surface area contributed by atoms with Gasteiger partial charge in [0.1, 0.15) is 6.61 Å². The number of hydrogen-bond acceptors (Lipinski definition) is 5. The summed E-state index contributed by atoms with van der Waals surface area (Å²) < 4.78 is 11.2. The topological polar surface area (TPSA) is 96.3 Å². The Morgan fingerprint density at radius 1 is 0.970 bits per heavy atom. The number of carboxylic acid groups (broad SMARTS) is 1. The van der Waals surface area contributed by atoms with Crippen LogP contribution in [0.15, 0.2) is 48.5 Å². The smallest absolute Gasteiger partial charge is 0.335 e. The summed E-state index contributed by atoms with van der Waals surface area (Å²) in [6, 6.07) is 11.7. The molecule has 2 aromatic rings. The summed E-state index contributed by atoms with van der Waals surface area (Å²) in [4.78, 5) is 23.1. The number of nitrogens with zero attached hydrogens (tertiary/aromatic N) is 1. The molecule has 0 aliphatic heterocycles. The van der Waals surface area contributed by atoms with E-state index in [1.165, 1.54) is 44.6 Å². The Labute approximate surface area is 195 Å². The number of carbonyl (C=O) groups is 2. The van der Waals surface area contributed by atoms with Gasteiger partial charge in [-0.25, -0.2) is 9.86 Å². The summed E-state index contributed by atoms with van der Waals surface area (Å²) in [6.45, 7) is 2.74. The van der Waals surface area contributed by atoms with E-state index < -0.39 is 11.9 Å². The average molecular weight is 456 g/mol. The van der Waals surface area contributed by atoms with Crippen LogP contribution in [-0.2, 0) is 11.4 Å². The number of unbranched alkanes of at least 4 members (excludes halogenated alkanes) is 5. The number of benzene rings is 2. The fourth-order valence-electron chi connectivity index (χ4n) is 3.22. The van der Waals surface area contributed by atoms with Crippen LogP contribution in [0.2, 0.25) is 0 Å². The number of methoxy groups -OCH3 is 1. The third-order valence-corrected chi connectivity index (χ3v) is 5.18. The van der Waals surface area contributed by atoms with Gasteiger partial charge in [0.15, 0.2) is 11.5 Å². The van der Waals surface area contributed by atoms with Gasteiger partial charge in [0.05, 0.1) is 12.7 Å². The lowest BCUT2D eigenvalue weighted by Crippen LogP contribution is -2.26. The first-order valence-electron chi connectivity index (χ1n) is 11.3. The normalized spacial score (nSPS) is 10.9. The summed E-state index contributed by atoms with van der Waals surface area (Å²) in [6.07, 6.45) is 9.44. The fraction of sp³-hybridized carbons (Fsp3) is 0.385. The highest BCUT2D eigenvalue weighted by molar-refractivity contribution is 5.91. The molecule has 0 saturated carbocycles. The standard InChI is InChI=1S/C26H33NO6/c1-3-4-5-6-7-8-17-27(31)25(28)16-12-20-11-15-23(24(18-20)32-2)33-19-21-9-13-22(14-10-21)26(29)30/h9-16,18,31H,3-8,17,19H2,1-2H3,(H,29,30). The molecule has 0 saturated heterocycles.